The highest BCUT2D eigenvalue weighted by Crippen LogP contribution is 2.29. The van der Waals surface area contributed by atoms with E-state index in [4.69, 9.17) is 21.9 Å². The van der Waals surface area contributed by atoms with Crippen LogP contribution in [0.1, 0.15) is 17.4 Å². The molecule has 2 rings (SSSR count). The van der Waals surface area contributed by atoms with Crippen LogP contribution in [0.3, 0.4) is 0 Å². The second-order valence-electron chi connectivity index (χ2n) is 3.76. The maximum Gasteiger partial charge on any atom is 0.136 e. The summed E-state index contributed by atoms with van der Waals surface area (Å²) in [5.41, 5.74) is 3.01. The van der Waals surface area contributed by atoms with Crippen molar-refractivity contribution >= 4 is 27.5 Å². The predicted molar refractivity (Wildman–Crippen MR) is 71.6 cm³/mol. The van der Waals surface area contributed by atoms with Crippen molar-refractivity contribution in [3.63, 3.8) is 0 Å². The lowest BCUT2D eigenvalue weighted by molar-refractivity contribution is 0.410. The number of halogens is 3. The number of nitrogens with two attached hydrogens (primary N) is 1. The molecule has 2 aromatic rings. The number of hydrogen-bond donors (Lipinski definition) is 2. The van der Waals surface area contributed by atoms with Crippen molar-refractivity contribution in [1.82, 2.24) is 5.43 Å². The van der Waals surface area contributed by atoms with Crippen LogP contribution >= 0.6 is 27.5 Å². The van der Waals surface area contributed by atoms with Crippen molar-refractivity contribution in [3.8, 4) is 0 Å². The second kappa shape index (κ2) is 5.84. The fourth-order valence-electron chi connectivity index (χ4n) is 1.71. The van der Waals surface area contributed by atoms with E-state index >= 15 is 0 Å². The van der Waals surface area contributed by atoms with Crippen molar-refractivity contribution < 1.29 is 8.81 Å². The van der Waals surface area contributed by atoms with Gasteiger partial charge in [0, 0.05) is 17.0 Å². The van der Waals surface area contributed by atoms with E-state index < -0.39 is 0 Å². The molecular weight excluding hydrogens is 322 g/mol. The van der Waals surface area contributed by atoms with Crippen LogP contribution in [0, 0.1) is 5.82 Å². The third-order valence-corrected chi connectivity index (χ3v) is 3.64. The molecule has 3 nitrogen and oxygen atoms in total. The zero-order chi connectivity index (χ0) is 13.1. The zero-order valence-electron chi connectivity index (χ0n) is 9.29. The highest BCUT2D eigenvalue weighted by Gasteiger charge is 2.20. The summed E-state index contributed by atoms with van der Waals surface area (Å²) in [6.45, 7) is 0. The van der Waals surface area contributed by atoms with E-state index in [2.05, 4.69) is 21.4 Å². The first-order valence-corrected chi connectivity index (χ1v) is 6.42. The molecule has 96 valence electrons. The quantitative estimate of drug-likeness (QED) is 0.664. The summed E-state index contributed by atoms with van der Waals surface area (Å²) >= 11 is 9.32. The van der Waals surface area contributed by atoms with Crippen LogP contribution in [0.2, 0.25) is 5.02 Å². The Labute approximate surface area is 117 Å². The van der Waals surface area contributed by atoms with Crippen molar-refractivity contribution in [1.29, 1.82) is 0 Å². The summed E-state index contributed by atoms with van der Waals surface area (Å²) in [5.74, 6) is 5.74. The van der Waals surface area contributed by atoms with Gasteiger partial charge in [-0.3, -0.25) is 5.84 Å². The minimum Gasteiger partial charge on any atom is -0.466 e. The summed E-state index contributed by atoms with van der Waals surface area (Å²) in [5, 5.41) is 0.373. The topological polar surface area (TPSA) is 51.2 Å². The van der Waals surface area contributed by atoms with E-state index in [1.807, 2.05) is 0 Å². The van der Waals surface area contributed by atoms with Crippen molar-refractivity contribution in [2.45, 2.75) is 12.5 Å². The Morgan fingerprint density at radius 3 is 2.78 bits per heavy atom. The van der Waals surface area contributed by atoms with Crippen LogP contribution in [0.15, 0.2) is 39.4 Å². The van der Waals surface area contributed by atoms with Gasteiger partial charge in [0.1, 0.15) is 11.6 Å². The third kappa shape index (κ3) is 2.75. The first-order valence-electron chi connectivity index (χ1n) is 5.25. The summed E-state index contributed by atoms with van der Waals surface area (Å²) in [7, 11) is 0. The van der Waals surface area contributed by atoms with Gasteiger partial charge in [-0.05, 0) is 34.1 Å². The van der Waals surface area contributed by atoms with Crippen LogP contribution in [0.4, 0.5) is 4.39 Å². The first kappa shape index (κ1) is 13.5. The molecular formula is C12H11BrClFN2O. The Kier molecular flexibility index (Phi) is 4.40. The van der Waals surface area contributed by atoms with Gasteiger partial charge in [-0.25, -0.2) is 9.82 Å². The molecule has 3 N–H and O–H groups in total. The van der Waals surface area contributed by atoms with E-state index in [0.29, 0.717) is 22.8 Å². The highest BCUT2D eigenvalue weighted by atomic mass is 79.9. The number of hydrazine groups is 1. The Morgan fingerprint density at radius 1 is 1.44 bits per heavy atom. The predicted octanol–water partition coefficient (Wildman–Crippen LogP) is 3.58. The van der Waals surface area contributed by atoms with Gasteiger partial charge in [0.2, 0.25) is 0 Å². The Morgan fingerprint density at radius 2 is 2.22 bits per heavy atom. The van der Waals surface area contributed by atoms with Gasteiger partial charge in [0.05, 0.1) is 16.8 Å². The lowest BCUT2D eigenvalue weighted by Gasteiger charge is -2.15. The Bertz CT molecular complexity index is 526. The van der Waals surface area contributed by atoms with Crippen LogP contribution in [-0.2, 0) is 6.42 Å². The number of rotatable bonds is 4. The van der Waals surface area contributed by atoms with Crippen molar-refractivity contribution in [2.75, 3.05) is 0 Å². The van der Waals surface area contributed by atoms with Gasteiger partial charge in [0.25, 0.3) is 0 Å². The molecule has 0 amide bonds. The van der Waals surface area contributed by atoms with Gasteiger partial charge in [-0.15, -0.1) is 0 Å². The largest absolute Gasteiger partial charge is 0.466 e. The van der Waals surface area contributed by atoms with Gasteiger partial charge in [-0.1, -0.05) is 17.7 Å². The second-order valence-corrected chi connectivity index (χ2v) is 5.02. The summed E-state index contributed by atoms with van der Waals surface area (Å²) in [4.78, 5) is 0. The molecule has 18 heavy (non-hydrogen) atoms. The molecule has 0 bridgehead atoms. The van der Waals surface area contributed by atoms with Gasteiger partial charge in [-0.2, -0.15) is 0 Å². The maximum atomic E-state index is 13.7. The van der Waals surface area contributed by atoms with Crippen LogP contribution in [-0.4, -0.2) is 0 Å². The van der Waals surface area contributed by atoms with E-state index in [0.717, 1.165) is 4.47 Å². The molecule has 1 aromatic heterocycles. The minimum absolute atomic E-state index is 0.300. The van der Waals surface area contributed by atoms with Crippen LogP contribution < -0.4 is 11.3 Å². The van der Waals surface area contributed by atoms with Crippen LogP contribution in [0.25, 0.3) is 0 Å². The lowest BCUT2D eigenvalue weighted by Crippen LogP contribution is -2.29. The normalized spacial score (nSPS) is 12.7. The molecule has 0 radical (unpaired) electrons. The molecule has 0 spiro atoms. The van der Waals surface area contributed by atoms with E-state index in [-0.39, 0.29) is 11.9 Å². The van der Waals surface area contributed by atoms with Crippen molar-refractivity contribution in [3.05, 3.63) is 57.2 Å². The molecule has 0 saturated carbocycles. The molecule has 1 aromatic carbocycles. The molecule has 1 atom stereocenters. The molecule has 0 fully saturated rings. The molecule has 1 unspecified atom stereocenters. The van der Waals surface area contributed by atoms with Gasteiger partial charge < -0.3 is 4.42 Å². The number of hydrogen-bond acceptors (Lipinski definition) is 3. The van der Waals surface area contributed by atoms with Crippen molar-refractivity contribution in [2.24, 2.45) is 5.84 Å². The molecule has 0 aliphatic carbocycles. The number of nitrogens with one attached hydrogen (secondary N) is 1. The molecule has 1 heterocycles. The molecule has 0 saturated heterocycles. The molecule has 0 aliphatic rings. The number of furan rings is 1. The first-order chi connectivity index (χ1) is 8.63. The lowest BCUT2D eigenvalue weighted by atomic mass is 10.0. The minimum atomic E-state index is -0.358. The molecule has 6 heteroatoms. The van der Waals surface area contributed by atoms with Crippen LogP contribution in [0.5, 0.6) is 0 Å². The molecule has 0 aliphatic heterocycles. The monoisotopic (exact) mass is 332 g/mol. The van der Waals surface area contributed by atoms with Gasteiger partial charge in [0.15, 0.2) is 0 Å². The zero-order valence-corrected chi connectivity index (χ0v) is 11.6. The summed E-state index contributed by atoms with van der Waals surface area (Å²) in [6, 6.07) is 5.97. The summed E-state index contributed by atoms with van der Waals surface area (Å²) in [6.07, 6.45) is 1.83. The third-order valence-electron chi connectivity index (χ3n) is 2.63. The SMILES string of the molecule is NNC(Cc1c(F)cccc1Cl)c1occc1Br. The van der Waals surface area contributed by atoms with E-state index in [1.54, 1.807) is 18.2 Å². The average molecular weight is 334 g/mol. The maximum absolute atomic E-state index is 13.7. The fourth-order valence-corrected chi connectivity index (χ4v) is 2.43. The highest BCUT2D eigenvalue weighted by molar-refractivity contribution is 9.10. The van der Waals surface area contributed by atoms with E-state index in [9.17, 15) is 4.39 Å². The van der Waals surface area contributed by atoms with Gasteiger partial charge >= 0.3 is 0 Å². The summed E-state index contributed by atoms with van der Waals surface area (Å²) < 4.78 is 19.8. The number of benzene rings is 1. The Hall–Kier alpha value is -0.880. The Balaban J connectivity index is 2.29. The average Bonchev–Trinajstić information content (AvgIpc) is 2.76. The standard InChI is InChI=1S/C12H11BrClFN2O/c13-8-4-5-18-12(8)11(17-16)6-7-9(14)2-1-3-10(7)15/h1-5,11,17H,6,16H2. The fraction of sp³-hybridized carbons (Fsp3) is 0.167. The van der Waals surface area contributed by atoms with E-state index in [1.165, 1.54) is 12.3 Å². The smallest absolute Gasteiger partial charge is 0.136 e.